The quantitative estimate of drug-likeness (QED) is 0.939. The van der Waals surface area contributed by atoms with Gasteiger partial charge in [0.15, 0.2) is 6.29 Å². The molecule has 0 aromatic heterocycles. The van der Waals surface area contributed by atoms with Gasteiger partial charge in [0, 0.05) is 13.0 Å². The molecule has 3 rings (SSSR count). The van der Waals surface area contributed by atoms with E-state index in [9.17, 15) is 9.90 Å². The molecule has 4 nitrogen and oxygen atoms in total. The molecule has 4 heteroatoms. The van der Waals surface area contributed by atoms with Gasteiger partial charge in [-0.1, -0.05) is 60.7 Å². The Balaban J connectivity index is 1.71. The van der Waals surface area contributed by atoms with Crippen molar-refractivity contribution in [3.63, 3.8) is 0 Å². The van der Waals surface area contributed by atoms with Gasteiger partial charge in [0.05, 0.1) is 6.54 Å². The fourth-order valence-corrected chi connectivity index (χ4v) is 2.68. The summed E-state index contributed by atoms with van der Waals surface area (Å²) in [4.78, 5) is 14.2. The van der Waals surface area contributed by atoms with Crippen molar-refractivity contribution in [2.24, 2.45) is 0 Å². The number of aliphatic hydroxyl groups excluding tert-OH is 1. The van der Waals surface area contributed by atoms with Gasteiger partial charge in [-0.2, -0.15) is 0 Å². The Hall–Kier alpha value is -2.17. The molecule has 0 aliphatic carbocycles. The normalized spacial score (nSPS) is 21.9. The molecule has 1 aliphatic rings. The molecule has 1 N–H and O–H groups in total. The van der Waals surface area contributed by atoms with E-state index in [0.717, 1.165) is 11.1 Å². The fraction of sp³-hybridized carbons (Fsp3) is 0.278. The molecule has 22 heavy (non-hydrogen) atoms. The van der Waals surface area contributed by atoms with Gasteiger partial charge in [0.1, 0.15) is 6.10 Å². The van der Waals surface area contributed by atoms with Crippen molar-refractivity contribution in [1.82, 2.24) is 4.90 Å². The van der Waals surface area contributed by atoms with Crippen molar-refractivity contribution in [2.45, 2.75) is 25.4 Å². The molecule has 2 unspecified atom stereocenters. The number of hydrogen-bond acceptors (Lipinski definition) is 3. The molecular weight excluding hydrogens is 278 g/mol. The summed E-state index contributed by atoms with van der Waals surface area (Å²) < 4.78 is 5.43. The van der Waals surface area contributed by atoms with Crippen LogP contribution in [0.5, 0.6) is 0 Å². The largest absolute Gasteiger partial charge is 0.366 e. The van der Waals surface area contributed by atoms with Gasteiger partial charge in [0.25, 0.3) is 5.91 Å². The lowest BCUT2D eigenvalue weighted by Gasteiger charge is -2.35. The number of rotatable bonds is 4. The molecule has 1 fully saturated rings. The number of morpholine rings is 1. The summed E-state index contributed by atoms with van der Waals surface area (Å²) in [5, 5.41) is 9.91. The lowest BCUT2D eigenvalue weighted by Crippen LogP contribution is -2.52. The number of ether oxygens (including phenoxy) is 1. The Labute approximate surface area is 130 Å². The van der Waals surface area contributed by atoms with Gasteiger partial charge in [-0.25, -0.2) is 0 Å². The number of β-amino-alcohol motifs (C(OH)–C–C–N with tert-alkyl or cyclic N) is 1. The van der Waals surface area contributed by atoms with Crippen molar-refractivity contribution < 1.29 is 14.6 Å². The van der Waals surface area contributed by atoms with E-state index in [-0.39, 0.29) is 12.5 Å². The van der Waals surface area contributed by atoms with Crippen LogP contribution >= 0.6 is 0 Å². The van der Waals surface area contributed by atoms with E-state index in [1.807, 2.05) is 60.7 Å². The van der Waals surface area contributed by atoms with E-state index < -0.39 is 12.4 Å². The average molecular weight is 297 g/mol. The summed E-state index contributed by atoms with van der Waals surface area (Å²) in [6.07, 6.45) is -1.09. The van der Waals surface area contributed by atoms with Crippen molar-refractivity contribution in [1.29, 1.82) is 0 Å². The summed E-state index contributed by atoms with van der Waals surface area (Å²) in [6, 6.07) is 19.5. The van der Waals surface area contributed by atoms with Crippen LogP contribution in [0.1, 0.15) is 11.1 Å². The number of amides is 1. The predicted molar refractivity (Wildman–Crippen MR) is 82.9 cm³/mol. The highest BCUT2D eigenvalue weighted by Gasteiger charge is 2.34. The number of nitrogens with zero attached hydrogens (tertiary/aromatic N) is 1. The molecule has 1 aliphatic heterocycles. The highest BCUT2D eigenvalue weighted by atomic mass is 16.6. The monoisotopic (exact) mass is 297 g/mol. The van der Waals surface area contributed by atoms with Crippen LogP contribution < -0.4 is 0 Å². The Kier molecular flexibility index (Phi) is 4.51. The first kappa shape index (κ1) is 14.8. The molecule has 0 spiro atoms. The van der Waals surface area contributed by atoms with Crippen LogP contribution in [0.4, 0.5) is 0 Å². The van der Waals surface area contributed by atoms with Gasteiger partial charge in [-0.05, 0) is 11.1 Å². The molecule has 2 aromatic carbocycles. The molecular formula is C18H19NO3. The Morgan fingerprint density at radius 1 is 1.00 bits per heavy atom. The first-order chi connectivity index (χ1) is 10.7. The Morgan fingerprint density at radius 3 is 2.23 bits per heavy atom. The van der Waals surface area contributed by atoms with Crippen LogP contribution in [0.15, 0.2) is 60.7 Å². The molecule has 1 heterocycles. The van der Waals surface area contributed by atoms with Crippen molar-refractivity contribution in [3.8, 4) is 0 Å². The topological polar surface area (TPSA) is 49.8 Å². The lowest BCUT2D eigenvalue weighted by molar-refractivity contribution is -0.197. The maximum absolute atomic E-state index is 12.6. The fourth-order valence-electron chi connectivity index (χ4n) is 2.68. The number of carbonyl (C=O) groups is 1. The van der Waals surface area contributed by atoms with Crippen molar-refractivity contribution in [3.05, 3.63) is 71.8 Å². The van der Waals surface area contributed by atoms with Crippen molar-refractivity contribution in [2.75, 3.05) is 6.54 Å². The zero-order valence-electron chi connectivity index (χ0n) is 12.3. The minimum Gasteiger partial charge on any atom is -0.366 e. The highest BCUT2D eigenvalue weighted by Crippen LogP contribution is 2.18. The van der Waals surface area contributed by atoms with Crippen LogP contribution in [0.2, 0.25) is 0 Å². The number of carbonyl (C=O) groups excluding carboxylic acids is 1. The van der Waals surface area contributed by atoms with Gasteiger partial charge < -0.3 is 14.7 Å². The number of benzene rings is 2. The van der Waals surface area contributed by atoms with Crippen LogP contribution in [0, 0.1) is 0 Å². The van der Waals surface area contributed by atoms with E-state index in [4.69, 9.17) is 4.74 Å². The molecule has 0 saturated carbocycles. The summed E-state index contributed by atoms with van der Waals surface area (Å²) in [5.74, 6) is -0.0713. The third kappa shape index (κ3) is 3.53. The molecule has 2 aromatic rings. The lowest BCUT2D eigenvalue weighted by atomic mass is 10.1. The van der Waals surface area contributed by atoms with Gasteiger partial charge in [-0.3, -0.25) is 4.79 Å². The number of hydrogen-bond donors (Lipinski definition) is 1. The predicted octanol–water partition coefficient (Wildman–Crippen LogP) is 1.98. The first-order valence-corrected chi connectivity index (χ1v) is 7.42. The first-order valence-electron chi connectivity index (χ1n) is 7.42. The summed E-state index contributed by atoms with van der Waals surface area (Å²) in [5.41, 5.74) is 2.07. The van der Waals surface area contributed by atoms with E-state index >= 15 is 0 Å². The Morgan fingerprint density at radius 2 is 1.59 bits per heavy atom. The maximum Gasteiger partial charge on any atom is 0.252 e. The average Bonchev–Trinajstić information content (AvgIpc) is 2.54. The molecule has 0 bridgehead atoms. The highest BCUT2D eigenvalue weighted by molar-refractivity contribution is 5.82. The molecule has 1 amide bonds. The van der Waals surface area contributed by atoms with E-state index in [0.29, 0.717) is 13.0 Å². The smallest absolute Gasteiger partial charge is 0.252 e. The zero-order chi connectivity index (χ0) is 15.4. The van der Waals surface area contributed by atoms with E-state index in [1.165, 1.54) is 0 Å². The second kappa shape index (κ2) is 6.73. The summed E-state index contributed by atoms with van der Waals surface area (Å²) in [7, 11) is 0. The molecule has 0 radical (unpaired) electrons. The standard InChI is InChI=1S/C18H19NO3/c20-17-13-19(12-15-9-5-2-6-10-15)18(21)16(22-17)11-14-7-3-1-4-8-14/h1-10,16-17,20H,11-13H2. The van der Waals surface area contributed by atoms with Gasteiger partial charge in [0.2, 0.25) is 0 Å². The molecule has 2 atom stereocenters. The van der Waals surface area contributed by atoms with E-state index in [1.54, 1.807) is 4.90 Å². The van der Waals surface area contributed by atoms with Gasteiger partial charge >= 0.3 is 0 Å². The van der Waals surface area contributed by atoms with Crippen LogP contribution in [-0.4, -0.2) is 34.9 Å². The molecule has 114 valence electrons. The van der Waals surface area contributed by atoms with Crippen LogP contribution in [0.25, 0.3) is 0 Å². The van der Waals surface area contributed by atoms with Crippen molar-refractivity contribution >= 4 is 5.91 Å². The van der Waals surface area contributed by atoms with Crippen LogP contribution in [0.3, 0.4) is 0 Å². The zero-order valence-corrected chi connectivity index (χ0v) is 12.3. The summed E-state index contributed by atoms with van der Waals surface area (Å²) in [6.45, 7) is 0.699. The van der Waals surface area contributed by atoms with Crippen LogP contribution in [-0.2, 0) is 22.5 Å². The van der Waals surface area contributed by atoms with E-state index in [2.05, 4.69) is 0 Å². The second-order valence-electron chi connectivity index (χ2n) is 5.47. The summed E-state index contributed by atoms with van der Waals surface area (Å²) >= 11 is 0. The third-order valence-corrected chi connectivity index (χ3v) is 3.77. The minimum atomic E-state index is -0.935. The maximum atomic E-state index is 12.6. The molecule has 1 saturated heterocycles. The minimum absolute atomic E-state index is 0.0713. The Bertz CT molecular complexity index is 561. The SMILES string of the molecule is O=C1C(Cc2ccccc2)OC(O)CN1Cc1ccccc1. The number of aliphatic hydroxyl groups is 1. The second-order valence-corrected chi connectivity index (χ2v) is 5.47. The van der Waals surface area contributed by atoms with Gasteiger partial charge in [-0.15, -0.1) is 0 Å². The third-order valence-electron chi connectivity index (χ3n) is 3.77.